The summed E-state index contributed by atoms with van der Waals surface area (Å²) in [4.78, 5) is 26.9. The molecule has 0 spiro atoms. The van der Waals surface area contributed by atoms with Crippen LogP contribution in [0, 0.1) is 0 Å². The number of H-pyrrole nitrogens is 1. The number of nitrogens with zero attached hydrogens (tertiary/aromatic N) is 5. The van der Waals surface area contributed by atoms with Crippen LogP contribution in [0.15, 0.2) is 42.7 Å². The van der Waals surface area contributed by atoms with E-state index in [4.69, 9.17) is 4.74 Å². The van der Waals surface area contributed by atoms with Crippen LogP contribution in [0.5, 0.6) is 0 Å². The van der Waals surface area contributed by atoms with Gasteiger partial charge < -0.3 is 15.0 Å². The summed E-state index contributed by atoms with van der Waals surface area (Å²) < 4.78 is 20.7. The highest BCUT2D eigenvalue weighted by molar-refractivity contribution is 6.00. The highest BCUT2D eigenvalue weighted by Crippen LogP contribution is 2.27. The minimum absolute atomic E-state index is 0.0119. The molecule has 2 atom stereocenters. The summed E-state index contributed by atoms with van der Waals surface area (Å²) in [6.45, 7) is 0.950. The Bertz CT molecular complexity index is 1070. The molecule has 1 aromatic carbocycles. The van der Waals surface area contributed by atoms with Crippen molar-refractivity contribution >= 4 is 11.8 Å². The normalized spacial score (nSPS) is 18.1. The topological polar surface area (TPSA) is 118 Å². The van der Waals surface area contributed by atoms with E-state index in [1.165, 1.54) is 22.0 Å². The lowest BCUT2D eigenvalue weighted by atomic mass is 10.1. The number of halogens is 1. The largest absolute Gasteiger partial charge is 0.383 e. The molecule has 4 rings (SSSR count). The van der Waals surface area contributed by atoms with Gasteiger partial charge in [-0.1, -0.05) is 35.5 Å². The molecular formula is C21H24FN7O3. The average Bonchev–Trinajstić information content (AvgIpc) is 3.54. The molecule has 3 aromatic rings. The first kappa shape index (κ1) is 21.6. The van der Waals surface area contributed by atoms with Crippen LogP contribution < -0.4 is 5.32 Å². The third-order valence-electron chi connectivity index (χ3n) is 5.32. The maximum Gasteiger partial charge on any atom is 0.273 e. The van der Waals surface area contributed by atoms with Crippen LogP contribution >= 0.6 is 0 Å². The molecule has 0 aliphatic carbocycles. The van der Waals surface area contributed by atoms with Crippen LogP contribution in [0.2, 0.25) is 0 Å². The lowest BCUT2D eigenvalue weighted by Crippen LogP contribution is -2.38. The van der Waals surface area contributed by atoms with Gasteiger partial charge in [-0.15, -0.1) is 5.10 Å². The number of carbonyl (C=O) groups is 2. The Labute approximate surface area is 183 Å². The van der Waals surface area contributed by atoms with Gasteiger partial charge >= 0.3 is 0 Å². The second kappa shape index (κ2) is 9.69. The Hall–Kier alpha value is -3.60. The van der Waals surface area contributed by atoms with E-state index in [2.05, 4.69) is 25.8 Å². The predicted octanol–water partition coefficient (Wildman–Crippen LogP) is 1.30. The predicted molar refractivity (Wildman–Crippen MR) is 113 cm³/mol. The minimum atomic E-state index is -1.14. The number of rotatable bonds is 8. The number of amides is 2. The zero-order valence-electron chi connectivity index (χ0n) is 17.6. The van der Waals surface area contributed by atoms with Crippen LogP contribution in [-0.4, -0.2) is 80.9 Å². The molecule has 2 amide bonds. The number of aromatic nitrogens is 5. The molecule has 2 N–H and O–H groups in total. The Morgan fingerprint density at radius 2 is 2.12 bits per heavy atom. The molecule has 0 radical (unpaired) electrons. The molecule has 10 nitrogen and oxygen atoms in total. The summed E-state index contributed by atoms with van der Waals surface area (Å²) in [5.41, 5.74) is 1.94. The molecule has 11 heteroatoms. The zero-order chi connectivity index (χ0) is 22.5. The number of benzene rings is 1. The molecule has 32 heavy (non-hydrogen) atoms. The van der Waals surface area contributed by atoms with Gasteiger partial charge in [0.25, 0.3) is 11.8 Å². The highest BCUT2D eigenvalue weighted by atomic mass is 19.1. The van der Waals surface area contributed by atoms with E-state index in [0.29, 0.717) is 24.4 Å². The minimum Gasteiger partial charge on any atom is -0.383 e. The van der Waals surface area contributed by atoms with Crippen molar-refractivity contribution in [3.05, 3.63) is 54.0 Å². The number of nitrogens with one attached hydrogen (secondary N) is 2. The van der Waals surface area contributed by atoms with Crippen LogP contribution in [-0.2, 0) is 11.3 Å². The molecule has 0 saturated carbocycles. The van der Waals surface area contributed by atoms with Crippen molar-refractivity contribution in [2.75, 3.05) is 26.8 Å². The molecule has 0 bridgehead atoms. The fraction of sp³-hybridized carbons (Fsp3) is 0.381. The first-order valence-electron chi connectivity index (χ1n) is 10.3. The summed E-state index contributed by atoms with van der Waals surface area (Å²) in [7, 11) is 1.54. The molecule has 2 aromatic heterocycles. The van der Waals surface area contributed by atoms with Gasteiger partial charge in [-0.05, 0) is 0 Å². The van der Waals surface area contributed by atoms with Gasteiger partial charge in [0.2, 0.25) is 0 Å². The Kier molecular flexibility index (Phi) is 6.55. The average molecular weight is 441 g/mol. The third-order valence-corrected chi connectivity index (χ3v) is 5.32. The van der Waals surface area contributed by atoms with Gasteiger partial charge in [-0.25, -0.2) is 9.07 Å². The molecule has 1 aliphatic rings. The van der Waals surface area contributed by atoms with Crippen LogP contribution in [0.1, 0.15) is 27.3 Å². The summed E-state index contributed by atoms with van der Waals surface area (Å²) in [5, 5.41) is 17.4. The van der Waals surface area contributed by atoms with Gasteiger partial charge in [-0.3, -0.25) is 14.7 Å². The van der Waals surface area contributed by atoms with Gasteiger partial charge in [-0.2, -0.15) is 5.10 Å². The second-order valence-electron chi connectivity index (χ2n) is 7.54. The Morgan fingerprint density at radius 1 is 1.31 bits per heavy atom. The van der Waals surface area contributed by atoms with E-state index in [1.54, 1.807) is 7.11 Å². The van der Waals surface area contributed by atoms with Crippen molar-refractivity contribution in [1.82, 2.24) is 35.4 Å². The Balaban J connectivity index is 1.47. The van der Waals surface area contributed by atoms with Crippen LogP contribution in [0.25, 0.3) is 11.3 Å². The number of likely N-dealkylation sites (tertiary alicyclic amines) is 1. The lowest BCUT2D eigenvalue weighted by Gasteiger charge is -2.24. The van der Waals surface area contributed by atoms with Crippen molar-refractivity contribution in [2.45, 2.75) is 25.2 Å². The van der Waals surface area contributed by atoms with Crippen molar-refractivity contribution in [1.29, 1.82) is 0 Å². The smallest absolute Gasteiger partial charge is 0.273 e. The molecule has 1 saturated heterocycles. The second-order valence-corrected chi connectivity index (χ2v) is 7.54. The number of alkyl halides is 1. The third kappa shape index (κ3) is 4.67. The Morgan fingerprint density at radius 3 is 2.91 bits per heavy atom. The summed E-state index contributed by atoms with van der Waals surface area (Å²) in [5.74, 6) is -0.678. The number of carbonyl (C=O) groups excluding carboxylic acids is 2. The first-order chi connectivity index (χ1) is 15.6. The van der Waals surface area contributed by atoms with E-state index < -0.39 is 12.2 Å². The quantitative estimate of drug-likeness (QED) is 0.509. The maximum atomic E-state index is 14.3. The summed E-state index contributed by atoms with van der Waals surface area (Å²) >= 11 is 0. The molecule has 168 valence electrons. The van der Waals surface area contributed by atoms with Gasteiger partial charge in [0.1, 0.15) is 6.17 Å². The standard InChI is InChI=1S/C21H24FN7O3/c1-32-8-7-23-20(30)18-13-28(27-25-18)12-16-9-15(22)11-29(16)21(31)17-10-24-26-19(17)14-5-3-2-4-6-14/h2-6,10,13,15-16H,7-9,11-12H2,1H3,(H,23,30)(H,24,26)/t15-,16-/m0/s1. The molecule has 1 aliphatic heterocycles. The zero-order valence-corrected chi connectivity index (χ0v) is 17.6. The van der Waals surface area contributed by atoms with Crippen LogP contribution in [0.4, 0.5) is 4.39 Å². The number of methoxy groups -OCH3 is 1. The van der Waals surface area contributed by atoms with Crippen LogP contribution in [0.3, 0.4) is 0 Å². The van der Waals surface area contributed by atoms with Gasteiger partial charge in [0, 0.05) is 25.6 Å². The molecular weight excluding hydrogens is 417 g/mol. The molecule has 3 heterocycles. The fourth-order valence-electron chi connectivity index (χ4n) is 3.77. The highest BCUT2D eigenvalue weighted by Gasteiger charge is 2.37. The monoisotopic (exact) mass is 441 g/mol. The number of aromatic amines is 1. The van der Waals surface area contributed by atoms with E-state index in [-0.39, 0.29) is 37.0 Å². The number of hydrogen-bond donors (Lipinski definition) is 2. The molecule has 0 unspecified atom stereocenters. The van der Waals surface area contributed by atoms with E-state index in [0.717, 1.165) is 5.56 Å². The maximum absolute atomic E-state index is 14.3. The number of hydrogen-bond acceptors (Lipinski definition) is 6. The summed E-state index contributed by atoms with van der Waals surface area (Å²) in [6.07, 6.45) is 1.99. The van der Waals surface area contributed by atoms with Gasteiger partial charge in [0.15, 0.2) is 5.69 Å². The van der Waals surface area contributed by atoms with Crippen molar-refractivity contribution in [2.24, 2.45) is 0 Å². The first-order valence-corrected chi connectivity index (χ1v) is 10.3. The number of ether oxygens (including phenoxy) is 1. The molecule has 1 fully saturated rings. The van der Waals surface area contributed by atoms with E-state index in [1.807, 2.05) is 30.3 Å². The van der Waals surface area contributed by atoms with E-state index >= 15 is 0 Å². The van der Waals surface area contributed by atoms with Gasteiger partial charge in [0.05, 0.1) is 49.4 Å². The van der Waals surface area contributed by atoms with Crippen molar-refractivity contribution in [3.63, 3.8) is 0 Å². The van der Waals surface area contributed by atoms with Crippen molar-refractivity contribution < 1.29 is 18.7 Å². The SMILES string of the molecule is COCCNC(=O)c1cn(C[C@@H]2C[C@H](F)CN2C(=O)c2cn[nH]c2-c2ccccc2)nn1. The fourth-order valence-corrected chi connectivity index (χ4v) is 3.77. The van der Waals surface area contributed by atoms with E-state index in [9.17, 15) is 14.0 Å². The van der Waals surface area contributed by atoms with Crippen molar-refractivity contribution in [3.8, 4) is 11.3 Å². The summed E-state index contributed by atoms with van der Waals surface area (Å²) in [6, 6.07) is 8.94. The lowest BCUT2D eigenvalue weighted by molar-refractivity contribution is 0.0715.